The van der Waals surface area contributed by atoms with Gasteiger partial charge in [-0.2, -0.15) is 8.42 Å². The summed E-state index contributed by atoms with van der Waals surface area (Å²) in [5.41, 5.74) is 2.53. The topological polar surface area (TPSA) is 162 Å². The molecule has 0 unspecified atom stereocenters. The second-order valence-corrected chi connectivity index (χ2v) is 9.82. The highest BCUT2D eigenvalue weighted by Crippen LogP contribution is 2.33. The lowest BCUT2D eigenvalue weighted by Gasteiger charge is -2.21. The molecular formula is C24H30N4O7S. The molecule has 11 nitrogen and oxygen atoms in total. The van der Waals surface area contributed by atoms with Crippen LogP contribution >= 0.6 is 0 Å². The number of nitrogens with one attached hydrogen (secondary N) is 1. The van der Waals surface area contributed by atoms with E-state index in [9.17, 15) is 9.90 Å². The summed E-state index contributed by atoms with van der Waals surface area (Å²) in [5.74, 6) is 1.74. The zero-order chi connectivity index (χ0) is 26.5. The van der Waals surface area contributed by atoms with Gasteiger partial charge in [0.1, 0.15) is 11.6 Å². The summed E-state index contributed by atoms with van der Waals surface area (Å²) in [6, 6.07) is 13.2. The minimum Gasteiger partial charge on any atom is -0.507 e. The van der Waals surface area contributed by atoms with Gasteiger partial charge in [0.25, 0.3) is 0 Å². The van der Waals surface area contributed by atoms with Crippen molar-refractivity contribution >= 4 is 33.2 Å². The number of anilines is 1. The number of ether oxygens (including phenoxy) is 1. The first-order valence-corrected chi connectivity index (χ1v) is 12.7. The lowest BCUT2D eigenvalue weighted by Crippen LogP contribution is -2.38. The molecule has 194 valence electrons. The zero-order valence-corrected chi connectivity index (χ0v) is 21.1. The van der Waals surface area contributed by atoms with E-state index >= 15 is 0 Å². The van der Waals surface area contributed by atoms with E-state index in [-0.39, 0.29) is 17.9 Å². The molecule has 0 radical (unpaired) electrons. The number of hydrogen-bond donors (Lipinski definition) is 4. The first-order chi connectivity index (χ1) is 16.9. The Hall–Kier alpha value is -3.48. The van der Waals surface area contributed by atoms with Crippen molar-refractivity contribution in [1.29, 1.82) is 0 Å². The van der Waals surface area contributed by atoms with Crippen molar-refractivity contribution in [3.05, 3.63) is 48.0 Å². The van der Waals surface area contributed by atoms with Crippen LogP contribution in [0.2, 0.25) is 0 Å². The second kappa shape index (κ2) is 11.5. The van der Waals surface area contributed by atoms with Crippen molar-refractivity contribution in [2.24, 2.45) is 5.92 Å². The van der Waals surface area contributed by atoms with E-state index in [1.807, 2.05) is 51.1 Å². The Morgan fingerprint density at radius 3 is 2.56 bits per heavy atom. The van der Waals surface area contributed by atoms with Gasteiger partial charge >= 0.3 is 16.5 Å². The minimum atomic E-state index is -4.67. The Kier molecular flexibility index (Phi) is 8.66. The van der Waals surface area contributed by atoms with E-state index in [2.05, 4.69) is 10.2 Å². The number of phenolic OH excluding ortho intramolecular Hbond substituents is 1. The fourth-order valence-corrected chi connectivity index (χ4v) is 3.77. The zero-order valence-electron chi connectivity index (χ0n) is 20.2. The van der Waals surface area contributed by atoms with Crippen molar-refractivity contribution < 1.29 is 32.2 Å². The predicted octanol–water partition coefficient (Wildman–Crippen LogP) is 3.62. The van der Waals surface area contributed by atoms with Gasteiger partial charge in [0.2, 0.25) is 0 Å². The van der Waals surface area contributed by atoms with Gasteiger partial charge in [-0.3, -0.25) is 9.11 Å². The lowest BCUT2D eigenvalue weighted by molar-refractivity contribution is 0.130. The largest absolute Gasteiger partial charge is 0.507 e. The fraction of sp³-hybridized carbons (Fsp3) is 0.375. The number of carbonyl (C=O) groups is 1. The van der Waals surface area contributed by atoms with Crippen LogP contribution in [-0.4, -0.2) is 64.4 Å². The van der Waals surface area contributed by atoms with Gasteiger partial charge in [-0.1, -0.05) is 32.0 Å². The normalized spacial score (nSPS) is 15.5. The Labute approximate surface area is 209 Å². The highest BCUT2D eigenvalue weighted by molar-refractivity contribution is 7.79. The van der Waals surface area contributed by atoms with Crippen LogP contribution in [-0.2, 0) is 15.1 Å². The van der Waals surface area contributed by atoms with Crippen LogP contribution in [0, 0.1) is 12.8 Å². The summed E-state index contributed by atoms with van der Waals surface area (Å²) >= 11 is 0. The van der Waals surface area contributed by atoms with Crippen LogP contribution in [0.5, 0.6) is 5.75 Å². The second-order valence-electron chi connectivity index (χ2n) is 8.92. The van der Waals surface area contributed by atoms with Gasteiger partial charge < -0.3 is 20.1 Å². The molecule has 4 N–H and O–H groups in total. The molecule has 1 fully saturated rings. The van der Waals surface area contributed by atoms with E-state index in [0.717, 1.165) is 35.2 Å². The summed E-state index contributed by atoms with van der Waals surface area (Å²) in [6.45, 7) is 7.84. The first kappa shape index (κ1) is 27.1. The maximum Gasteiger partial charge on any atom is 0.407 e. The third-order valence-corrected chi connectivity index (χ3v) is 5.33. The van der Waals surface area contributed by atoms with E-state index < -0.39 is 10.4 Å². The summed E-state index contributed by atoms with van der Waals surface area (Å²) in [6.07, 6.45) is 0.429. The molecule has 3 aromatic rings. The maximum absolute atomic E-state index is 12.1. The molecule has 0 saturated carbocycles. The fourth-order valence-electron chi connectivity index (χ4n) is 3.77. The Morgan fingerprint density at radius 1 is 1.19 bits per heavy atom. The number of alkyl carbamates (subject to hydrolysis) is 1. The summed E-state index contributed by atoms with van der Waals surface area (Å²) < 4.78 is 36.8. The molecule has 36 heavy (non-hydrogen) atoms. The van der Waals surface area contributed by atoms with Gasteiger partial charge in [-0.05, 0) is 49.1 Å². The van der Waals surface area contributed by atoms with Crippen LogP contribution in [0.4, 0.5) is 10.6 Å². The Morgan fingerprint density at radius 2 is 1.89 bits per heavy atom. The number of carbonyl (C=O) groups excluding carboxylic acids is 1. The van der Waals surface area contributed by atoms with Crippen molar-refractivity contribution in [1.82, 2.24) is 15.3 Å². The van der Waals surface area contributed by atoms with Gasteiger partial charge in [0.05, 0.1) is 23.7 Å². The molecule has 1 aliphatic heterocycles. The summed E-state index contributed by atoms with van der Waals surface area (Å²) in [5, 5.41) is 14.2. The monoisotopic (exact) mass is 518 g/mol. The molecular weight excluding hydrogens is 488 g/mol. The van der Waals surface area contributed by atoms with Gasteiger partial charge in [0.15, 0.2) is 5.82 Å². The summed E-state index contributed by atoms with van der Waals surface area (Å²) in [4.78, 5) is 23.8. The number of fused-ring (bicyclic) bond motifs is 1. The number of aromatic hydroxyl groups is 1. The van der Waals surface area contributed by atoms with Crippen LogP contribution in [0.25, 0.3) is 22.3 Å². The van der Waals surface area contributed by atoms with Crippen molar-refractivity contribution in [2.45, 2.75) is 33.2 Å². The molecule has 1 aliphatic rings. The lowest BCUT2D eigenvalue weighted by atomic mass is 10.1. The molecule has 0 spiro atoms. The molecule has 2 aromatic carbocycles. The average Bonchev–Trinajstić information content (AvgIpc) is 3.24. The first-order valence-electron chi connectivity index (χ1n) is 11.4. The highest BCUT2D eigenvalue weighted by Gasteiger charge is 2.27. The number of para-hydroxylation sites is 1. The molecule has 1 saturated heterocycles. The Bertz CT molecular complexity index is 1320. The molecule has 4 rings (SSSR count). The van der Waals surface area contributed by atoms with Crippen LogP contribution < -0.4 is 10.2 Å². The van der Waals surface area contributed by atoms with Crippen LogP contribution in [0.3, 0.4) is 0 Å². The van der Waals surface area contributed by atoms with Gasteiger partial charge in [-0.15, -0.1) is 0 Å². The number of aryl methyl sites for hydroxylation is 1. The Balaban J connectivity index is 0.000000658. The van der Waals surface area contributed by atoms with E-state index in [1.165, 1.54) is 0 Å². The number of hydrogen-bond acceptors (Lipinski definition) is 8. The molecule has 1 atom stereocenters. The highest BCUT2D eigenvalue weighted by atomic mass is 32.3. The number of benzene rings is 2. The number of phenols is 1. The van der Waals surface area contributed by atoms with E-state index in [4.69, 9.17) is 32.2 Å². The molecule has 0 aliphatic carbocycles. The molecule has 0 bridgehead atoms. The maximum atomic E-state index is 12.1. The van der Waals surface area contributed by atoms with E-state index in [0.29, 0.717) is 30.5 Å². The van der Waals surface area contributed by atoms with Crippen molar-refractivity contribution in [3.8, 4) is 17.1 Å². The average molecular weight is 519 g/mol. The molecule has 12 heteroatoms. The number of rotatable bonds is 5. The van der Waals surface area contributed by atoms with Gasteiger partial charge in [0, 0.05) is 18.5 Å². The third kappa shape index (κ3) is 7.77. The number of amides is 1. The standard InChI is InChI=1S/C24H28N4O3.H2O4S/c1-15(2)14-31-24(30)25-17-10-11-28(13-17)23-18-9-8-16(3)12-20(18)26-22(27-23)19-6-4-5-7-21(19)29;1-5(2,3)4/h4-9,12,15,17,29H,10-11,13-14H2,1-3H3,(H,25,30);(H2,1,2,3,4)/t17-;/m1./s1. The van der Waals surface area contributed by atoms with Crippen LogP contribution in [0.1, 0.15) is 25.8 Å². The smallest absolute Gasteiger partial charge is 0.407 e. The SMILES string of the molecule is Cc1ccc2c(N3CC[C@@H](NC(=O)OCC(C)C)C3)nc(-c3ccccc3O)nc2c1.O=S(=O)(O)O. The minimum absolute atomic E-state index is 0.0105. The van der Waals surface area contributed by atoms with Crippen molar-refractivity contribution in [3.63, 3.8) is 0 Å². The molecule has 1 amide bonds. The van der Waals surface area contributed by atoms with Crippen LogP contribution in [0.15, 0.2) is 42.5 Å². The quantitative estimate of drug-likeness (QED) is 0.367. The number of nitrogens with zero attached hydrogens (tertiary/aromatic N) is 3. The molecule has 2 heterocycles. The van der Waals surface area contributed by atoms with Crippen molar-refractivity contribution in [2.75, 3.05) is 24.6 Å². The predicted molar refractivity (Wildman–Crippen MR) is 135 cm³/mol. The van der Waals surface area contributed by atoms with E-state index in [1.54, 1.807) is 12.1 Å². The third-order valence-electron chi connectivity index (χ3n) is 5.33. The number of aromatic nitrogens is 2. The summed E-state index contributed by atoms with van der Waals surface area (Å²) in [7, 11) is -4.67. The molecule has 1 aromatic heterocycles. The van der Waals surface area contributed by atoms with Gasteiger partial charge in [-0.25, -0.2) is 14.8 Å².